The molecule has 3 N–H and O–H groups in total. The van der Waals surface area contributed by atoms with Crippen LogP contribution in [0, 0.1) is 20.2 Å². The first-order valence-corrected chi connectivity index (χ1v) is 14.7. The Hall–Kier alpha value is -2.64. The smallest absolute Gasteiger partial charge is 1.00 e. The maximum absolute atomic E-state index is 11.9. The molecule has 0 saturated carbocycles. The van der Waals surface area contributed by atoms with Crippen molar-refractivity contribution in [3.8, 4) is 11.5 Å². The van der Waals surface area contributed by atoms with Crippen molar-refractivity contribution in [1.29, 1.82) is 0 Å². The van der Waals surface area contributed by atoms with E-state index in [0.717, 1.165) is 19.3 Å². The molecule has 260 valence electrons. The molecule has 0 aromatic heterocycles. The summed E-state index contributed by atoms with van der Waals surface area (Å²) >= 11 is 0. The van der Waals surface area contributed by atoms with E-state index in [2.05, 4.69) is 0 Å². The summed E-state index contributed by atoms with van der Waals surface area (Å²) in [6.07, 6.45) is 2.56. The van der Waals surface area contributed by atoms with Crippen molar-refractivity contribution in [3.63, 3.8) is 0 Å². The van der Waals surface area contributed by atoms with Crippen LogP contribution in [0.3, 0.4) is 0 Å². The molecule has 2 aromatic rings. The molecule has 1 saturated heterocycles. The molecular weight excluding hydrogens is 618 g/mol. The van der Waals surface area contributed by atoms with Crippen molar-refractivity contribution in [2.24, 2.45) is 0 Å². The summed E-state index contributed by atoms with van der Waals surface area (Å²) in [6.45, 7) is 19.7. The van der Waals surface area contributed by atoms with Crippen molar-refractivity contribution in [2.45, 2.75) is 104 Å². The zero-order valence-electron chi connectivity index (χ0n) is 30.4. The van der Waals surface area contributed by atoms with Crippen LogP contribution in [0.25, 0.3) is 0 Å². The van der Waals surface area contributed by atoms with Crippen LogP contribution in [-0.4, -0.2) is 75.4 Å². The molecule has 0 spiro atoms. The number of hydrogen-bond acceptors (Lipinski definition) is 10. The standard InChI is InChI=1S/C15H21NO5.C14H21NO4.C4H8O.Al.Li.4H/c1-14(2,3)9-7-10(15(4,5)13(18)21-6)12(17)8-11(9)16(19)20;1-13(2,3)9-6-10(14(4,5)8-16)12(17)7-11(9)15(18)19;1-2-4-5-3-1;;;;;;/h7-8,17H,1-6H3;6-7,16-17H,8H2,1-5H3;1-4H2;;;;;;/q;;;;+1;;;;-1. The van der Waals surface area contributed by atoms with Gasteiger partial charge in [-0.3, -0.25) is 25.0 Å². The van der Waals surface area contributed by atoms with Crippen molar-refractivity contribution in [1.82, 2.24) is 0 Å². The second-order valence-electron chi connectivity index (χ2n) is 14.3. The van der Waals surface area contributed by atoms with E-state index in [0.29, 0.717) is 22.3 Å². The Morgan fingerprint density at radius 1 is 0.787 bits per heavy atom. The number of carbonyl (C=O) groups is 1. The van der Waals surface area contributed by atoms with Gasteiger partial charge in [-0.2, -0.15) is 0 Å². The van der Waals surface area contributed by atoms with E-state index in [4.69, 9.17) is 9.47 Å². The second kappa shape index (κ2) is 18.2. The molecule has 0 atom stereocenters. The number of benzene rings is 2. The van der Waals surface area contributed by atoms with Gasteiger partial charge in [0.2, 0.25) is 0 Å². The van der Waals surface area contributed by atoms with Crippen molar-refractivity contribution in [2.75, 3.05) is 26.9 Å². The molecular formula is C33H54AlLiN2O10. The monoisotopic (exact) mass is 672 g/mol. The largest absolute Gasteiger partial charge is 1.00 e. The van der Waals surface area contributed by atoms with E-state index in [1.54, 1.807) is 33.8 Å². The number of aliphatic hydroxyl groups excluding tert-OH is 1. The van der Waals surface area contributed by atoms with Gasteiger partial charge in [0.25, 0.3) is 11.4 Å². The molecule has 0 amide bonds. The third-order valence-corrected chi connectivity index (χ3v) is 7.56. The summed E-state index contributed by atoms with van der Waals surface area (Å²) < 4.78 is 9.69. The third-order valence-electron chi connectivity index (χ3n) is 7.56. The zero-order valence-corrected chi connectivity index (χ0v) is 29.4. The number of carbonyl (C=O) groups excluding carboxylic acids is 1. The molecule has 1 fully saturated rings. The summed E-state index contributed by atoms with van der Waals surface area (Å²) in [6, 6.07) is 5.42. The number of nitro groups is 2. The molecule has 12 nitrogen and oxygen atoms in total. The summed E-state index contributed by atoms with van der Waals surface area (Å²) in [4.78, 5) is 33.1. The topological polar surface area (TPSA) is 182 Å². The molecule has 47 heavy (non-hydrogen) atoms. The number of esters is 1. The summed E-state index contributed by atoms with van der Waals surface area (Å²) in [5.41, 5.74) is -1.10. The number of nitrogens with zero attached hydrogens (tertiary/aromatic N) is 2. The average Bonchev–Trinajstić information content (AvgIpc) is 3.51. The maximum Gasteiger partial charge on any atom is 1.00 e. The fraction of sp³-hybridized carbons (Fsp3) is 0.606. The van der Waals surface area contributed by atoms with Crippen LogP contribution in [0.15, 0.2) is 24.3 Å². The van der Waals surface area contributed by atoms with Crippen LogP contribution < -0.4 is 18.9 Å². The number of rotatable bonds is 6. The number of methoxy groups -OCH3 is 1. The third kappa shape index (κ3) is 12.4. The minimum absolute atomic E-state index is 0. The van der Waals surface area contributed by atoms with Gasteiger partial charge in [-0.05, 0) is 49.7 Å². The van der Waals surface area contributed by atoms with Gasteiger partial charge in [-0.25, -0.2) is 0 Å². The summed E-state index contributed by atoms with van der Waals surface area (Å²) in [7, 11) is 1.26. The summed E-state index contributed by atoms with van der Waals surface area (Å²) in [5.74, 6) is -0.963. The first-order valence-electron chi connectivity index (χ1n) is 14.7. The minimum atomic E-state index is -1.10. The van der Waals surface area contributed by atoms with E-state index in [1.165, 1.54) is 32.1 Å². The van der Waals surface area contributed by atoms with Crippen LogP contribution in [0.1, 0.15) is 106 Å². The quantitative estimate of drug-likeness (QED) is 0.179. The average molecular weight is 673 g/mol. The molecule has 2 aromatic carbocycles. The van der Waals surface area contributed by atoms with Gasteiger partial charge in [-0.15, -0.1) is 0 Å². The van der Waals surface area contributed by atoms with E-state index >= 15 is 0 Å². The van der Waals surface area contributed by atoms with Crippen LogP contribution in [0.2, 0.25) is 0 Å². The molecule has 0 aliphatic carbocycles. The SMILES string of the molecule is C1CCOC1.CC(C)(C)c1cc(C(C)(C)CO)c(O)cc1[N+](=O)[O-].COC(=O)C(C)(C)c1cc(C(C)(C)C)c([N+](=O)[O-])cc1O.[AlH3].[H-].[Li+]. The van der Waals surface area contributed by atoms with Gasteiger partial charge >= 0.3 is 24.8 Å². The van der Waals surface area contributed by atoms with Gasteiger partial charge in [0, 0.05) is 40.9 Å². The van der Waals surface area contributed by atoms with Gasteiger partial charge < -0.3 is 26.2 Å². The van der Waals surface area contributed by atoms with Crippen LogP contribution in [-0.2, 0) is 35.9 Å². The maximum atomic E-state index is 11.9. The Labute approximate surface area is 302 Å². The molecule has 0 unspecified atom stereocenters. The van der Waals surface area contributed by atoms with Crippen LogP contribution >= 0.6 is 0 Å². The number of ether oxygens (including phenoxy) is 2. The van der Waals surface area contributed by atoms with Gasteiger partial charge in [-0.1, -0.05) is 55.4 Å². The fourth-order valence-corrected chi connectivity index (χ4v) is 4.66. The Balaban J connectivity index is -0.000000697. The molecule has 0 bridgehead atoms. The number of aliphatic hydroxyl groups is 1. The molecule has 3 rings (SSSR count). The Bertz CT molecular complexity index is 1380. The second-order valence-corrected chi connectivity index (χ2v) is 14.3. The fourth-order valence-electron chi connectivity index (χ4n) is 4.66. The molecule has 1 heterocycles. The molecule has 1 aliphatic heterocycles. The number of phenols is 2. The predicted octanol–water partition coefficient (Wildman–Crippen LogP) is 2.65. The van der Waals surface area contributed by atoms with E-state index in [1.807, 2.05) is 41.5 Å². The zero-order chi connectivity index (χ0) is 35.1. The number of phenolic OH excluding ortho intramolecular Hbond substituents is 2. The minimum Gasteiger partial charge on any atom is -1.00 e. The van der Waals surface area contributed by atoms with Gasteiger partial charge in [0.05, 0.1) is 41.1 Å². The van der Waals surface area contributed by atoms with Crippen molar-refractivity contribution in [3.05, 3.63) is 66.7 Å². The Morgan fingerprint density at radius 2 is 1.15 bits per heavy atom. The molecule has 0 radical (unpaired) electrons. The van der Waals surface area contributed by atoms with Crippen LogP contribution in [0.5, 0.6) is 11.5 Å². The molecule has 14 heteroatoms. The number of nitro benzene ring substituents is 2. The first-order chi connectivity index (χ1) is 20.4. The summed E-state index contributed by atoms with van der Waals surface area (Å²) in [5, 5.41) is 51.7. The Kier molecular flexibility index (Phi) is 18.0. The predicted molar refractivity (Wildman–Crippen MR) is 183 cm³/mol. The van der Waals surface area contributed by atoms with Crippen molar-refractivity contribution >= 4 is 34.7 Å². The first kappa shape index (κ1) is 46.5. The Morgan fingerprint density at radius 3 is 1.43 bits per heavy atom. The number of hydrogen-bond donors (Lipinski definition) is 3. The van der Waals surface area contributed by atoms with Gasteiger partial charge in [0.15, 0.2) is 17.4 Å². The number of aromatic hydroxyl groups is 2. The van der Waals surface area contributed by atoms with Crippen molar-refractivity contribution < 1.29 is 59.7 Å². The van der Waals surface area contributed by atoms with E-state index in [-0.39, 0.29) is 67.1 Å². The van der Waals surface area contributed by atoms with E-state index in [9.17, 15) is 40.3 Å². The van der Waals surface area contributed by atoms with E-state index < -0.39 is 37.5 Å². The normalized spacial score (nSPS) is 13.0. The molecule has 1 aliphatic rings. The van der Waals surface area contributed by atoms with Crippen LogP contribution in [0.4, 0.5) is 11.4 Å². The van der Waals surface area contributed by atoms with Gasteiger partial charge in [0.1, 0.15) is 11.5 Å².